The number of oxime groups is 1. The van der Waals surface area contributed by atoms with Gasteiger partial charge in [-0.15, -0.1) is 0 Å². The largest absolute Gasteiger partial charge is 0.477 e. The van der Waals surface area contributed by atoms with Crippen LogP contribution in [0.4, 0.5) is 11.4 Å². The van der Waals surface area contributed by atoms with Crippen molar-refractivity contribution in [3.8, 4) is 0 Å². The Morgan fingerprint density at radius 2 is 2.25 bits per heavy atom. The van der Waals surface area contributed by atoms with Gasteiger partial charge in [-0.3, -0.25) is 14.9 Å². The van der Waals surface area contributed by atoms with Gasteiger partial charge in [-0.25, -0.2) is 4.79 Å². The van der Waals surface area contributed by atoms with Crippen molar-refractivity contribution in [1.82, 2.24) is 0 Å². The van der Waals surface area contributed by atoms with E-state index >= 15 is 0 Å². The van der Waals surface area contributed by atoms with E-state index in [-0.39, 0.29) is 23.5 Å². The first kappa shape index (κ1) is 13.5. The molecule has 104 valence electrons. The lowest BCUT2D eigenvalue weighted by Gasteiger charge is -2.08. The van der Waals surface area contributed by atoms with Crippen LogP contribution in [-0.2, 0) is 14.4 Å². The van der Waals surface area contributed by atoms with Crippen LogP contribution in [0.1, 0.15) is 6.42 Å². The van der Waals surface area contributed by atoms with Crippen molar-refractivity contribution in [3.05, 3.63) is 34.4 Å². The number of rotatable bonds is 4. The molecule has 1 heterocycles. The number of carboxylic acids is 1. The van der Waals surface area contributed by atoms with E-state index in [2.05, 4.69) is 10.5 Å². The SMILES string of the molecule is O=C(O)C1=NOC(C(=O)Nc2cccc([N+](=O)[O-])c2)C1. The smallest absolute Gasteiger partial charge is 0.353 e. The lowest BCUT2D eigenvalue weighted by atomic mass is 10.1. The third-order valence-corrected chi connectivity index (χ3v) is 2.53. The van der Waals surface area contributed by atoms with Gasteiger partial charge < -0.3 is 15.3 Å². The average Bonchev–Trinajstić information content (AvgIpc) is 2.88. The summed E-state index contributed by atoms with van der Waals surface area (Å²) in [5.74, 6) is -1.87. The summed E-state index contributed by atoms with van der Waals surface area (Å²) >= 11 is 0. The van der Waals surface area contributed by atoms with Gasteiger partial charge in [0.2, 0.25) is 6.10 Å². The van der Waals surface area contributed by atoms with E-state index in [0.29, 0.717) is 0 Å². The molecule has 0 saturated carbocycles. The summed E-state index contributed by atoms with van der Waals surface area (Å²) in [5, 5.41) is 25.0. The van der Waals surface area contributed by atoms with Crippen LogP contribution in [0.2, 0.25) is 0 Å². The van der Waals surface area contributed by atoms with Crippen LogP contribution in [0, 0.1) is 10.1 Å². The maximum atomic E-state index is 11.8. The molecule has 0 radical (unpaired) electrons. The number of non-ortho nitro benzene ring substituents is 1. The standard InChI is InChI=1S/C11H9N3O6/c15-10(9-5-8(11(16)17)13-20-9)12-6-2-1-3-7(4-6)14(18)19/h1-4,9H,5H2,(H,12,15)(H,16,17). The number of aliphatic carboxylic acids is 1. The van der Waals surface area contributed by atoms with Gasteiger partial charge in [-0.2, -0.15) is 0 Å². The van der Waals surface area contributed by atoms with Gasteiger partial charge in [0.1, 0.15) is 0 Å². The van der Waals surface area contributed by atoms with E-state index in [9.17, 15) is 19.7 Å². The fourth-order valence-electron chi connectivity index (χ4n) is 1.56. The molecule has 2 N–H and O–H groups in total. The lowest BCUT2D eigenvalue weighted by Crippen LogP contribution is -2.28. The molecule has 1 aromatic carbocycles. The molecular formula is C11H9N3O6. The number of carbonyl (C=O) groups is 2. The summed E-state index contributed by atoms with van der Waals surface area (Å²) in [6.45, 7) is 0. The Morgan fingerprint density at radius 3 is 2.85 bits per heavy atom. The predicted molar refractivity (Wildman–Crippen MR) is 66.3 cm³/mol. The Morgan fingerprint density at radius 1 is 1.50 bits per heavy atom. The van der Waals surface area contributed by atoms with E-state index in [4.69, 9.17) is 9.94 Å². The van der Waals surface area contributed by atoms with Crippen LogP contribution in [-0.4, -0.2) is 33.7 Å². The van der Waals surface area contributed by atoms with Crippen molar-refractivity contribution < 1.29 is 24.5 Å². The number of hydrogen-bond donors (Lipinski definition) is 2. The number of carboxylic acid groups (broad SMARTS) is 1. The molecule has 2 rings (SSSR count). The summed E-state index contributed by atoms with van der Waals surface area (Å²) in [6, 6.07) is 5.36. The summed E-state index contributed by atoms with van der Waals surface area (Å²) in [6.07, 6.45) is -1.21. The first-order valence-electron chi connectivity index (χ1n) is 5.48. The number of nitro groups is 1. The van der Waals surface area contributed by atoms with E-state index in [1.165, 1.54) is 24.3 Å². The third kappa shape index (κ3) is 2.88. The number of amides is 1. The van der Waals surface area contributed by atoms with Crippen molar-refractivity contribution in [2.45, 2.75) is 12.5 Å². The zero-order valence-electron chi connectivity index (χ0n) is 9.98. The van der Waals surface area contributed by atoms with Crippen molar-refractivity contribution >= 4 is 29.0 Å². The first-order valence-corrected chi connectivity index (χ1v) is 5.48. The number of benzene rings is 1. The molecule has 9 heteroatoms. The zero-order valence-corrected chi connectivity index (χ0v) is 9.98. The number of carbonyl (C=O) groups excluding carboxylic acids is 1. The summed E-state index contributed by atoms with van der Waals surface area (Å²) in [4.78, 5) is 37.1. The summed E-state index contributed by atoms with van der Waals surface area (Å²) < 4.78 is 0. The van der Waals surface area contributed by atoms with Crippen LogP contribution in [0.5, 0.6) is 0 Å². The average molecular weight is 279 g/mol. The molecule has 1 unspecified atom stereocenters. The van der Waals surface area contributed by atoms with Gasteiger partial charge in [0.05, 0.1) is 4.92 Å². The lowest BCUT2D eigenvalue weighted by molar-refractivity contribution is -0.384. The second-order valence-electron chi connectivity index (χ2n) is 3.94. The van der Waals surface area contributed by atoms with Gasteiger partial charge in [0.15, 0.2) is 5.71 Å². The molecule has 1 aliphatic heterocycles. The minimum Gasteiger partial charge on any atom is -0.477 e. The molecule has 1 aromatic rings. The van der Waals surface area contributed by atoms with Gasteiger partial charge in [0.25, 0.3) is 11.6 Å². The van der Waals surface area contributed by atoms with Crippen molar-refractivity contribution in [2.24, 2.45) is 5.16 Å². The third-order valence-electron chi connectivity index (χ3n) is 2.53. The first-order chi connectivity index (χ1) is 9.47. The maximum Gasteiger partial charge on any atom is 0.353 e. The minimum atomic E-state index is -1.25. The van der Waals surface area contributed by atoms with Gasteiger partial charge in [0, 0.05) is 24.2 Å². The second-order valence-corrected chi connectivity index (χ2v) is 3.94. The Kier molecular flexibility index (Phi) is 3.60. The Balaban J connectivity index is 2.01. The second kappa shape index (κ2) is 5.34. The maximum absolute atomic E-state index is 11.8. The zero-order chi connectivity index (χ0) is 14.7. The highest BCUT2D eigenvalue weighted by Crippen LogP contribution is 2.19. The molecule has 0 spiro atoms. The molecule has 1 amide bonds. The number of nitrogens with one attached hydrogen (secondary N) is 1. The number of nitro benzene ring substituents is 1. The quantitative estimate of drug-likeness (QED) is 0.617. The molecule has 0 bridgehead atoms. The van der Waals surface area contributed by atoms with Crippen LogP contribution < -0.4 is 5.32 Å². The molecule has 0 aliphatic carbocycles. The fourth-order valence-corrected chi connectivity index (χ4v) is 1.56. The molecule has 20 heavy (non-hydrogen) atoms. The van der Waals surface area contributed by atoms with E-state index in [1.807, 2.05) is 0 Å². The molecule has 1 aliphatic rings. The Labute approximate surface area is 112 Å². The van der Waals surface area contributed by atoms with E-state index < -0.39 is 22.9 Å². The highest BCUT2D eigenvalue weighted by molar-refractivity contribution is 6.36. The highest BCUT2D eigenvalue weighted by atomic mass is 16.6. The van der Waals surface area contributed by atoms with Crippen molar-refractivity contribution in [1.29, 1.82) is 0 Å². The highest BCUT2D eigenvalue weighted by Gasteiger charge is 2.31. The van der Waals surface area contributed by atoms with Crippen LogP contribution in [0.3, 0.4) is 0 Å². The topological polar surface area (TPSA) is 131 Å². The molecule has 9 nitrogen and oxygen atoms in total. The van der Waals surface area contributed by atoms with Crippen LogP contribution in [0.15, 0.2) is 29.4 Å². The van der Waals surface area contributed by atoms with Crippen molar-refractivity contribution in [3.63, 3.8) is 0 Å². The van der Waals surface area contributed by atoms with E-state index in [1.54, 1.807) is 0 Å². The minimum absolute atomic E-state index is 0.157. The van der Waals surface area contributed by atoms with Gasteiger partial charge >= 0.3 is 5.97 Å². The Hall–Kier alpha value is -2.97. The molecule has 0 aromatic heterocycles. The predicted octanol–water partition coefficient (Wildman–Crippen LogP) is 0.763. The van der Waals surface area contributed by atoms with Crippen LogP contribution in [0.25, 0.3) is 0 Å². The summed E-state index contributed by atoms with van der Waals surface area (Å²) in [7, 11) is 0. The van der Waals surface area contributed by atoms with Crippen LogP contribution >= 0.6 is 0 Å². The number of nitrogens with zero attached hydrogens (tertiary/aromatic N) is 2. The number of anilines is 1. The normalized spacial score (nSPS) is 17.0. The molecule has 0 fully saturated rings. The van der Waals surface area contributed by atoms with Gasteiger partial charge in [-0.1, -0.05) is 11.2 Å². The number of hydrogen-bond acceptors (Lipinski definition) is 6. The molecule has 1 atom stereocenters. The molecular weight excluding hydrogens is 270 g/mol. The van der Waals surface area contributed by atoms with Gasteiger partial charge in [-0.05, 0) is 6.07 Å². The van der Waals surface area contributed by atoms with E-state index in [0.717, 1.165) is 0 Å². The Bertz CT molecular complexity index is 612. The summed E-state index contributed by atoms with van der Waals surface area (Å²) in [5.41, 5.74) is -0.196. The fraction of sp³-hybridized carbons (Fsp3) is 0.182. The monoisotopic (exact) mass is 279 g/mol. The molecule has 0 saturated heterocycles. The van der Waals surface area contributed by atoms with Crippen molar-refractivity contribution in [2.75, 3.05) is 5.32 Å².